The van der Waals surface area contributed by atoms with E-state index in [2.05, 4.69) is 10.3 Å². The first-order chi connectivity index (χ1) is 12.3. The Morgan fingerprint density at radius 3 is 2.81 bits per heavy atom. The second-order valence-electron chi connectivity index (χ2n) is 7.13. The molecule has 140 valence electrons. The van der Waals surface area contributed by atoms with Crippen LogP contribution in [0.1, 0.15) is 42.8 Å². The van der Waals surface area contributed by atoms with Gasteiger partial charge in [-0.3, -0.25) is 14.4 Å². The zero-order valence-corrected chi connectivity index (χ0v) is 15.5. The lowest BCUT2D eigenvalue weighted by molar-refractivity contribution is -0.126. The minimum Gasteiger partial charge on any atom is -0.442 e. The number of amides is 2. The van der Waals surface area contributed by atoms with Crippen LogP contribution in [0.5, 0.6) is 0 Å². The maximum Gasteiger partial charge on any atom is 0.265 e. The van der Waals surface area contributed by atoms with E-state index in [0.29, 0.717) is 18.8 Å². The second-order valence-corrected chi connectivity index (χ2v) is 7.13. The molecule has 3 heterocycles. The lowest BCUT2D eigenvalue weighted by Gasteiger charge is -2.32. The first-order valence-electron chi connectivity index (χ1n) is 8.84. The maximum atomic E-state index is 13.1. The number of aromatic nitrogens is 2. The number of likely N-dealkylation sites (tertiary alicyclic amines) is 1. The summed E-state index contributed by atoms with van der Waals surface area (Å²) in [5.74, 6) is -0.193. The van der Waals surface area contributed by atoms with Crippen molar-refractivity contribution in [3.8, 4) is 0 Å². The van der Waals surface area contributed by atoms with Gasteiger partial charge in [-0.1, -0.05) is 0 Å². The largest absolute Gasteiger partial charge is 0.442 e. The third-order valence-electron chi connectivity index (χ3n) is 4.67. The van der Waals surface area contributed by atoms with Crippen LogP contribution in [-0.4, -0.2) is 45.4 Å². The quantitative estimate of drug-likeness (QED) is 0.887. The van der Waals surface area contributed by atoms with Gasteiger partial charge in [0.25, 0.3) is 11.5 Å². The van der Waals surface area contributed by atoms with Gasteiger partial charge in [-0.25, -0.2) is 4.98 Å². The molecule has 2 amide bonds. The van der Waals surface area contributed by atoms with Crippen molar-refractivity contribution >= 4 is 22.9 Å². The lowest BCUT2D eigenvalue weighted by atomic mass is 9.96. The molecule has 1 atom stereocenters. The van der Waals surface area contributed by atoms with Gasteiger partial charge in [-0.15, -0.1) is 0 Å². The fourth-order valence-electron chi connectivity index (χ4n) is 3.38. The molecule has 0 radical (unpaired) electrons. The van der Waals surface area contributed by atoms with Gasteiger partial charge in [-0.05, 0) is 33.6 Å². The number of carbonyl (C=O) groups excluding carboxylic acids is 2. The molecule has 1 N–H and O–H groups in total. The highest BCUT2D eigenvalue weighted by Gasteiger charge is 2.32. The average Bonchev–Trinajstić information content (AvgIpc) is 2.94. The van der Waals surface area contributed by atoms with Gasteiger partial charge in [0.15, 0.2) is 0 Å². The fourth-order valence-corrected chi connectivity index (χ4v) is 3.38. The number of fused-ring (bicyclic) bond motifs is 1. The van der Waals surface area contributed by atoms with E-state index in [1.807, 2.05) is 13.8 Å². The number of piperidine rings is 1. The number of furan rings is 1. The predicted molar refractivity (Wildman–Crippen MR) is 95.9 cm³/mol. The van der Waals surface area contributed by atoms with Crippen molar-refractivity contribution in [3.05, 3.63) is 28.0 Å². The zero-order valence-electron chi connectivity index (χ0n) is 15.5. The number of nitrogens with one attached hydrogen (secondary N) is 1. The highest BCUT2D eigenvalue weighted by Crippen LogP contribution is 2.25. The number of aryl methyl sites for hydroxylation is 2. The Bertz CT molecular complexity index is 912. The molecular formula is C18H24N4O4. The van der Waals surface area contributed by atoms with Crippen LogP contribution in [0.2, 0.25) is 0 Å². The molecule has 3 rings (SSSR count). The Morgan fingerprint density at radius 1 is 1.38 bits per heavy atom. The highest BCUT2D eigenvalue weighted by atomic mass is 16.3. The molecule has 0 saturated carbocycles. The van der Waals surface area contributed by atoms with Crippen molar-refractivity contribution in [3.63, 3.8) is 0 Å². The van der Waals surface area contributed by atoms with Crippen LogP contribution in [-0.2, 0) is 11.8 Å². The summed E-state index contributed by atoms with van der Waals surface area (Å²) in [4.78, 5) is 43.6. The maximum absolute atomic E-state index is 13.1. The van der Waals surface area contributed by atoms with E-state index in [1.54, 1.807) is 18.9 Å². The Labute approximate surface area is 151 Å². The zero-order chi connectivity index (χ0) is 19.0. The Balaban J connectivity index is 1.91. The SMILES string of the molecule is Cc1oc2ncn(C)c(=O)c2c1C(=O)N1CCCC(C(=O)NC(C)C)C1. The van der Waals surface area contributed by atoms with Crippen LogP contribution in [0.4, 0.5) is 0 Å². The molecular weight excluding hydrogens is 336 g/mol. The predicted octanol–water partition coefficient (Wildman–Crippen LogP) is 1.21. The fraction of sp³-hybridized carbons (Fsp3) is 0.556. The molecule has 0 spiro atoms. The summed E-state index contributed by atoms with van der Waals surface area (Å²) in [5, 5.41) is 3.11. The van der Waals surface area contributed by atoms with Crippen molar-refractivity contribution in [1.29, 1.82) is 0 Å². The van der Waals surface area contributed by atoms with Crippen molar-refractivity contribution in [2.45, 2.75) is 39.7 Å². The lowest BCUT2D eigenvalue weighted by Crippen LogP contribution is -2.46. The molecule has 26 heavy (non-hydrogen) atoms. The molecule has 1 aliphatic heterocycles. The summed E-state index contributed by atoms with van der Waals surface area (Å²) >= 11 is 0. The van der Waals surface area contributed by atoms with Crippen LogP contribution in [0.3, 0.4) is 0 Å². The summed E-state index contributed by atoms with van der Waals surface area (Å²) < 4.78 is 6.85. The third kappa shape index (κ3) is 3.23. The van der Waals surface area contributed by atoms with Crippen LogP contribution in [0, 0.1) is 12.8 Å². The minimum absolute atomic E-state index is 0.0381. The molecule has 8 heteroatoms. The summed E-state index contributed by atoms with van der Waals surface area (Å²) in [5.41, 5.74) is 0.0972. The number of hydrogen-bond donors (Lipinski definition) is 1. The van der Waals surface area contributed by atoms with E-state index in [-0.39, 0.29) is 46.0 Å². The van der Waals surface area contributed by atoms with E-state index in [0.717, 1.165) is 12.8 Å². The van der Waals surface area contributed by atoms with Gasteiger partial charge in [0.05, 0.1) is 11.5 Å². The monoisotopic (exact) mass is 360 g/mol. The van der Waals surface area contributed by atoms with E-state index in [9.17, 15) is 14.4 Å². The first kappa shape index (κ1) is 18.2. The van der Waals surface area contributed by atoms with Gasteiger partial charge in [0.2, 0.25) is 11.6 Å². The normalized spacial score (nSPS) is 17.7. The van der Waals surface area contributed by atoms with Crippen molar-refractivity contribution < 1.29 is 14.0 Å². The topological polar surface area (TPSA) is 97.4 Å². The Morgan fingerprint density at radius 2 is 2.12 bits per heavy atom. The van der Waals surface area contributed by atoms with E-state index < -0.39 is 0 Å². The van der Waals surface area contributed by atoms with Crippen LogP contribution in [0.25, 0.3) is 11.1 Å². The molecule has 0 aromatic carbocycles. The molecule has 0 aliphatic carbocycles. The molecule has 1 aliphatic rings. The summed E-state index contributed by atoms with van der Waals surface area (Å²) in [7, 11) is 1.58. The van der Waals surface area contributed by atoms with Gasteiger partial charge in [0.1, 0.15) is 17.5 Å². The second kappa shape index (κ2) is 6.93. The Hall–Kier alpha value is -2.64. The van der Waals surface area contributed by atoms with E-state index in [1.165, 1.54) is 10.9 Å². The molecule has 1 unspecified atom stereocenters. The van der Waals surface area contributed by atoms with Crippen molar-refractivity contribution in [2.75, 3.05) is 13.1 Å². The molecule has 2 aromatic rings. The van der Waals surface area contributed by atoms with Crippen LogP contribution < -0.4 is 10.9 Å². The summed E-state index contributed by atoms with van der Waals surface area (Å²) in [6.07, 6.45) is 2.86. The van der Waals surface area contributed by atoms with Crippen molar-refractivity contribution in [2.24, 2.45) is 13.0 Å². The highest BCUT2D eigenvalue weighted by molar-refractivity contribution is 6.06. The van der Waals surface area contributed by atoms with E-state index in [4.69, 9.17) is 4.42 Å². The molecule has 1 fully saturated rings. The molecule has 0 bridgehead atoms. The smallest absolute Gasteiger partial charge is 0.265 e. The van der Waals surface area contributed by atoms with Gasteiger partial charge >= 0.3 is 0 Å². The van der Waals surface area contributed by atoms with Crippen LogP contribution in [0.15, 0.2) is 15.5 Å². The summed E-state index contributed by atoms with van der Waals surface area (Å²) in [6.45, 7) is 6.36. The number of carbonyl (C=O) groups is 2. The molecule has 1 saturated heterocycles. The summed E-state index contributed by atoms with van der Waals surface area (Å²) in [6, 6.07) is 0.0581. The average molecular weight is 360 g/mol. The van der Waals surface area contributed by atoms with Gasteiger partial charge < -0.3 is 19.2 Å². The van der Waals surface area contributed by atoms with Gasteiger partial charge in [-0.2, -0.15) is 0 Å². The minimum atomic E-state index is -0.318. The number of nitrogens with zero attached hydrogens (tertiary/aromatic N) is 3. The third-order valence-corrected chi connectivity index (χ3v) is 4.67. The van der Waals surface area contributed by atoms with Gasteiger partial charge in [0, 0.05) is 26.2 Å². The van der Waals surface area contributed by atoms with Crippen molar-refractivity contribution in [1.82, 2.24) is 19.8 Å². The molecule has 8 nitrogen and oxygen atoms in total. The van der Waals surface area contributed by atoms with Crippen LogP contribution >= 0.6 is 0 Å². The molecule has 2 aromatic heterocycles. The first-order valence-corrected chi connectivity index (χ1v) is 8.84. The van der Waals surface area contributed by atoms with E-state index >= 15 is 0 Å². The number of rotatable bonds is 3. The Kier molecular flexibility index (Phi) is 4.84. The number of hydrogen-bond acceptors (Lipinski definition) is 5. The standard InChI is InChI=1S/C18H24N4O4/c1-10(2)20-15(23)12-6-5-7-22(8-12)18(25)13-11(3)26-16-14(13)17(24)21(4)9-19-16/h9-10,12H,5-8H2,1-4H3,(H,20,23).